The van der Waals surface area contributed by atoms with E-state index in [9.17, 15) is 4.79 Å². The van der Waals surface area contributed by atoms with E-state index < -0.39 is 0 Å². The molecule has 2 N–H and O–H groups in total. The second kappa shape index (κ2) is 6.72. The molecule has 7 nitrogen and oxygen atoms in total. The number of aromatic nitrogens is 4. The maximum atomic E-state index is 12.1. The number of rotatable bonds is 3. The van der Waals surface area contributed by atoms with Crippen LogP contribution in [-0.2, 0) is 5.41 Å². The molecule has 1 aromatic carbocycles. The highest BCUT2D eigenvalue weighted by molar-refractivity contribution is 5.99. The molecule has 2 aromatic heterocycles. The van der Waals surface area contributed by atoms with Crippen LogP contribution in [0.25, 0.3) is 5.82 Å². The van der Waals surface area contributed by atoms with Crippen molar-refractivity contribution in [2.75, 3.05) is 10.6 Å². The first-order valence-electron chi connectivity index (χ1n) is 7.91. The fourth-order valence-corrected chi connectivity index (χ4v) is 2.28. The van der Waals surface area contributed by atoms with E-state index in [1.807, 2.05) is 24.3 Å². The molecule has 128 valence electrons. The van der Waals surface area contributed by atoms with Gasteiger partial charge in [-0.05, 0) is 35.2 Å². The minimum atomic E-state index is -0.317. The largest absolute Gasteiger partial charge is 0.323 e. The van der Waals surface area contributed by atoms with Gasteiger partial charge in [-0.2, -0.15) is 0 Å². The van der Waals surface area contributed by atoms with Crippen LogP contribution in [0.1, 0.15) is 26.3 Å². The Morgan fingerprint density at radius 1 is 0.920 bits per heavy atom. The molecule has 0 spiro atoms. The van der Waals surface area contributed by atoms with Crippen LogP contribution in [0, 0.1) is 0 Å². The van der Waals surface area contributed by atoms with E-state index in [0.29, 0.717) is 11.5 Å². The summed E-state index contributed by atoms with van der Waals surface area (Å²) < 4.78 is 1.68. The number of carbonyl (C=O) groups excluding carboxylic acids is 1. The molecule has 0 unspecified atom stereocenters. The van der Waals surface area contributed by atoms with Gasteiger partial charge in [-0.1, -0.05) is 32.9 Å². The molecular weight excluding hydrogens is 316 g/mol. The third-order valence-corrected chi connectivity index (χ3v) is 3.70. The molecular formula is C18H20N6O. The van der Waals surface area contributed by atoms with Gasteiger partial charge in [-0.25, -0.2) is 9.78 Å². The highest BCUT2D eigenvalue weighted by atomic mass is 16.2. The topological polar surface area (TPSA) is 84.7 Å². The van der Waals surface area contributed by atoms with Crippen LogP contribution in [0.15, 0.2) is 55.2 Å². The lowest BCUT2D eigenvalue weighted by molar-refractivity contribution is 0.262. The third kappa shape index (κ3) is 4.20. The van der Waals surface area contributed by atoms with E-state index in [1.165, 1.54) is 5.56 Å². The van der Waals surface area contributed by atoms with E-state index in [4.69, 9.17) is 0 Å². The summed E-state index contributed by atoms with van der Waals surface area (Å²) in [5, 5.41) is 13.0. The fraction of sp³-hybridized carbons (Fsp3) is 0.222. The van der Waals surface area contributed by atoms with Crippen molar-refractivity contribution in [1.82, 2.24) is 19.7 Å². The lowest BCUT2D eigenvalue weighted by Gasteiger charge is -2.19. The van der Waals surface area contributed by atoms with Gasteiger partial charge >= 0.3 is 6.03 Å². The summed E-state index contributed by atoms with van der Waals surface area (Å²) in [6.45, 7) is 6.45. The van der Waals surface area contributed by atoms with Gasteiger partial charge in [-0.15, -0.1) is 10.2 Å². The predicted molar refractivity (Wildman–Crippen MR) is 96.9 cm³/mol. The molecule has 0 aliphatic carbocycles. The van der Waals surface area contributed by atoms with Crippen LogP contribution in [0.5, 0.6) is 0 Å². The summed E-state index contributed by atoms with van der Waals surface area (Å²) in [4.78, 5) is 16.4. The van der Waals surface area contributed by atoms with Gasteiger partial charge in [0.2, 0.25) is 0 Å². The molecule has 0 radical (unpaired) electrons. The van der Waals surface area contributed by atoms with Crippen molar-refractivity contribution in [3.05, 3.63) is 60.8 Å². The van der Waals surface area contributed by atoms with Gasteiger partial charge < -0.3 is 10.6 Å². The van der Waals surface area contributed by atoms with Gasteiger partial charge in [0.25, 0.3) is 0 Å². The molecule has 0 saturated carbocycles. The molecule has 0 bridgehead atoms. The lowest BCUT2D eigenvalue weighted by Crippen LogP contribution is -2.19. The van der Waals surface area contributed by atoms with Crippen LogP contribution in [0.4, 0.5) is 16.2 Å². The molecule has 2 heterocycles. The molecule has 0 aliphatic heterocycles. The number of urea groups is 1. The maximum Gasteiger partial charge on any atom is 0.323 e. The number of benzene rings is 1. The molecule has 0 saturated heterocycles. The molecule has 3 aromatic rings. The Labute approximate surface area is 146 Å². The number of amides is 2. The second-order valence-corrected chi connectivity index (χ2v) is 6.68. The van der Waals surface area contributed by atoms with Crippen molar-refractivity contribution in [3.63, 3.8) is 0 Å². The monoisotopic (exact) mass is 336 g/mol. The lowest BCUT2D eigenvalue weighted by atomic mass is 9.87. The summed E-state index contributed by atoms with van der Waals surface area (Å²) in [7, 11) is 0. The van der Waals surface area contributed by atoms with Crippen molar-refractivity contribution in [3.8, 4) is 5.82 Å². The average Bonchev–Trinajstić information content (AvgIpc) is 3.09. The number of anilines is 2. The van der Waals surface area contributed by atoms with Crippen molar-refractivity contribution < 1.29 is 4.79 Å². The summed E-state index contributed by atoms with van der Waals surface area (Å²) >= 11 is 0. The Morgan fingerprint density at radius 3 is 2.08 bits per heavy atom. The molecule has 2 amide bonds. The minimum Gasteiger partial charge on any atom is -0.308 e. The first kappa shape index (κ1) is 16.6. The highest BCUT2D eigenvalue weighted by Crippen LogP contribution is 2.23. The number of pyridine rings is 1. The smallest absolute Gasteiger partial charge is 0.308 e. The van der Waals surface area contributed by atoms with E-state index in [-0.39, 0.29) is 11.4 Å². The van der Waals surface area contributed by atoms with Crippen molar-refractivity contribution >= 4 is 17.4 Å². The Hall–Kier alpha value is -3.22. The SMILES string of the molecule is CC(C)(C)c1ccc(NC(=O)Nc2ccc(-n3cnnc3)nc2)cc1. The quantitative estimate of drug-likeness (QED) is 0.765. The molecule has 7 heteroatoms. The predicted octanol–water partition coefficient (Wildman–Crippen LogP) is 3.60. The first-order valence-corrected chi connectivity index (χ1v) is 7.91. The van der Waals surface area contributed by atoms with Gasteiger partial charge in [0, 0.05) is 5.69 Å². The summed E-state index contributed by atoms with van der Waals surface area (Å²) in [6.07, 6.45) is 4.70. The van der Waals surface area contributed by atoms with Crippen LogP contribution in [0.3, 0.4) is 0 Å². The van der Waals surface area contributed by atoms with E-state index >= 15 is 0 Å². The summed E-state index contributed by atoms with van der Waals surface area (Å²) in [5.74, 6) is 0.675. The van der Waals surface area contributed by atoms with Crippen LogP contribution in [-0.4, -0.2) is 25.8 Å². The molecule has 25 heavy (non-hydrogen) atoms. The standard InChI is InChI=1S/C18H20N6O/c1-18(2,3)13-4-6-14(7-5-13)22-17(25)23-15-8-9-16(19-10-15)24-11-20-21-12-24/h4-12H,1-3H3,(H2,22,23,25). The molecule has 0 fully saturated rings. The second-order valence-electron chi connectivity index (χ2n) is 6.68. The zero-order chi connectivity index (χ0) is 17.9. The van der Waals surface area contributed by atoms with E-state index in [2.05, 4.69) is 46.6 Å². The molecule has 0 atom stereocenters. The van der Waals surface area contributed by atoms with Gasteiger partial charge in [-0.3, -0.25) is 4.57 Å². The van der Waals surface area contributed by atoms with Crippen molar-refractivity contribution in [2.24, 2.45) is 0 Å². The maximum absolute atomic E-state index is 12.1. The van der Waals surface area contributed by atoms with Crippen molar-refractivity contribution in [1.29, 1.82) is 0 Å². The number of nitrogens with zero attached hydrogens (tertiary/aromatic N) is 4. The first-order chi connectivity index (χ1) is 11.9. The number of nitrogens with one attached hydrogen (secondary N) is 2. The van der Waals surface area contributed by atoms with Crippen LogP contribution < -0.4 is 10.6 Å². The zero-order valence-corrected chi connectivity index (χ0v) is 14.4. The Kier molecular flexibility index (Phi) is 4.47. The highest BCUT2D eigenvalue weighted by Gasteiger charge is 2.13. The summed E-state index contributed by atoms with van der Waals surface area (Å²) in [6, 6.07) is 11.1. The zero-order valence-electron chi connectivity index (χ0n) is 14.4. The summed E-state index contributed by atoms with van der Waals surface area (Å²) in [5.41, 5.74) is 2.63. The Morgan fingerprint density at radius 2 is 1.52 bits per heavy atom. The van der Waals surface area contributed by atoms with E-state index in [0.717, 1.165) is 5.69 Å². The number of hydrogen-bond acceptors (Lipinski definition) is 4. The number of hydrogen-bond donors (Lipinski definition) is 2. The Bertz CT molecular complexity index is 833. The minimum absolute atomic E-state index is 0.0823. The van der Waals surface area contributed by atoms with Crippen LogP contribution in [0.2, 0.25) is 0 Å². The number of carbonyl (C=O) groups is 1. The molecule has 3 rings (SSSR count). The van der Waals surface area contributed by atoms with Crippen molar-refractivity contribution in [2.45, 2.75) is 26.2 Å². The van der Waals surface area contributed by atoms with Gasteiger partial charge in [0.15, 0.2) is 0 Å². The Balaban J connectivity index is 1.61. The van der Waals surface area contributed by atoms with E-state index in [1.54, 1.807) is 35.6 Å². The van der Waals surface area contributed by atoms with Gasteiger partial charge in [0.05, 0.1) is 11.9 Å². The average molecular weight is 336 g/mol. The third-order valence-electron chi connectivity index (χ3n) is 3.70. The molecule has 0 aliphatic rings. The fourth-order valence-electron chi connectivity index (χ4n) is 2.28. The van der Waals surface area contributed by atoms with Crippen LogP contribution >= 0.6 is 0 Å². The normalized spacial score (nSPS) is 11.2. The van der Waals surface area contributed by atoms with Gasteiger partial charge in [0.1, 0.15) is 18.5 Å².